The zero-order valence-corrected chi connectivity index (χ0v) is 10.3. The molecule has 0 spiro atoms. The van der Waals surface area contributed by atoms with Crippen molar-refractivity contribution in [3.63, 3.8) is 0 Å². The third-order valence-electron chi connectivity index (χ3n) is 2.94. The molecule has 4 heteroatoms. The van der Waals surface area contributed by atoms with Gasteiger partial charge >= 0.3 is 0 Å². The number of nitrogens with zero attached hydrogens (tertiary/aromatic N) is 1. The molecule has 0 saturated carbocycles. The monoisotopic (exact) mass is 241 g/mol. The lowest BCUT2D eigenvalue weighted by Crippen LogP contribution is -2.39. The predicted molar refractivity (Wildman–Crippen MR) is 63.1 cm³/mol. The van der Waals surface area contributed by atoms with E-state index in [9.17, 15) is 13.6 Å². The minimum absolute atomic E-state index is 0.0502. The van der Waals surface area contributed by atoms with Crippen molar-refractivity contribution in [1.82, 2.24) is 4.90 Å². The third-order valence-corrected chi connectivity index (χ3v) is 2.94. The van der Waals surface area contributed by atoms with Gasteiger partial charge < -0.3 is 0 Å². The molecule has 0 aliphatic rings. The average Bonchev–Trinajstić information content (AvgIpc) is 2.29. The van der Waals surface area contributed by atoms with Gasteiger partial charge in [-0.05, 0) is 32.1 Å². The van der Waals surface area contributed by atoms with E-state index in [0.717, 1.165) is 12.1 Å². The first-order valence-electron chi connectivity index (χ1n) is 5.74. The Morgan fingerprint density at radius 2 is 1.88 bits per heavy atom. The Balaban J connectivity index is 2.96. The summed E-state index contributed by atoms with van der Waals surface area (Å²) >= 11 is 0. The molecular formula is C13H17F2NO. The van der Waals surface area contributed by atoms with Crippen LogP contribution >= 0.6 is 0 Å². The van der Waals surface area contributed by atoms with Gasteiger partial charge in [-0.15, -0.1) is 0 Å². The maximum Gasteiger partial charge on any atom is 0.182 e. The zero-order valence-electron chi connectivity index (χ0n) is 10.3. The fraction of sp³-hybridized carbons (Fsp3) is 0.462. The van der Waals surface area contributed by atoms with Gasteiger partial charge in [0, 0.05) is 6.07 Å². The Morgan fingerprint density at radius 3 is 2.35 bits per heavy atom. The standard InChI is InChI=1S/C13H17F2NO/c1-4-16(5-2)9(3)13(17)11-7-6-10(14)8-12(11)15/h6-9H,4-5H2,1-3H3. The Kier molecular flexibility index (Phi) is 4.75. The van der Waals surface area contributed by atoms with Gasteiger partial charge in [0.1, 0.15) is 11.6 Å². The zero-order chi connectivity index (χ0) is 13.0. The van der Waals surface area contributed by atoms with Crippen molar-refractivity contribution in [2.24, 2.45) is 0 Å². The molecule has 0 aromatic heterocycles. The van der Waals surface area contributed by atoms with Crippen LogP contribution in [0.1, 0.15) is 31.1 Å². The number of likely N-dealkylation sites (N-methyl/N-ethyl adjacent to an activating group) is 1. The van der Waals surface area contributed by atoms with Crippen molar-refractivity contribution >= 4 is 5.78 Å². The minimum Gasteiger partial charge on any atom is -0.294 e. The first-order valence-corrected chi connectivity index (χ1v) is 5.74. The molecule has 2 nitrogen and oxygen atoms in total. The number of benzene rings is 1. The van der Waals surface area contributed by atoms with Crippen LogP contribution in [0, 0.1) is 11.6 Å². The number of carbonyl (C=O) groups excluding carboxylic acids is 1. The third kappa shape index (κ3) is 3.09. The van der Waals surface area contributed by atoms with Crippen molar-refractivity contribution in [3.05, 3.63) is 35.4 Å². The van der Waals surface area contributed by atoms with Crippen molar-refractivity contribution in [1.29, 1.82) is 0 Å². The van der Waals surface area contributed by atoms with E-state index in [4.69, 9.17) is 0 Å². The highest BCUT2D eigenvalue weighted by molar-refractivity contribution is 6.00. The molecule has 1 rings (SSSR count). The summed E-state index contributed by atoms with van der Waals surface area (Å²) in [6.45, 7) is 7.04. The number of Topliss-reactive ketones (excluding diaryl/α,β-unsaturated/α-hetero) is 1. The number of halogens is 2. The van der Waals surface area contributed by atoms with E-state index in [-0.39, 0.29) is 11.3 Å². The second kappa shape index (κ2) is 5.87. The first-order chi connectivity index (χ1) is 8.01. The lowest BCUT2D eigenvalue weighted by atomic mass is 10.0. The van der Waals surface area contributed by atoms with Crippen LogP contribution in [-0.2, 0) is 0 Å². The van der Waals surface area contributed by atoms with Gasteiger partial charge in [-0.2, -0.15) is 0 Å². The van der Waals surface area contributed by atoms with Crippen molar-refractivity contribution in [2.45, 2.75) is 26.8 Å². The van der Waals surface area contributed by atoms with Gasteiger partial charge in [0.25, 0.3) is 0 Å². The summed E-state index contributed by atoms with van der Waals surface area (Å²) in [7, 11) is 0. The first kappa shape index (κ1) is 13.8. The topological polar surface area (TPSA) is 20.3 Å². The van der Waals surface area contributed by atoms with E-state index >= 15 is 0 Å². The highest BCUT2D eigenvalue weighted by Crippen LogP contribution is 2.14. The van der Waals surface area contributed by atoms with Gasteiger partial charge in [0.05, 0.1) is 11.6 Å². The van der Waals surface area contributed by atoms with Crippen LogP contribution in [0.25, 0.3) is 0 Å². The molecule has 0 bridgehead atoms. The smallest absolute Gasteiger partial charge is 0.182 e. The maximum atomic E-state index is 13.5. The van der Waals surface area contributed by atoms with Gasteiger partial charge in [-0.25, -0.2) is 8.78 Å². The lowest BCUT2D eigenvalue weighted by Gasteiger charge is -2.25. The van der Waals surface area contributed by atoms with E-state index in [1.54, 1.807) is 6.92 Å². The highest BCUT2D eigenvalue weighted by atomic mass is 19.1. The molecule has 0 radical (unpaired) electrons. The quantitative estimate of drug-likeness (QED) is 0.739. The maximum absolute atomic E-state index is 13.5. The molecule has 0 aliphatic heterocycles. The molecule has 1 unspecified atom stereocenters. The van der Waals surface area contributed by atoms with Gasteiger partial charge in [-0.1, -0.05) is 13.8 Å². The molecule has 1 atom stereocenters. The second-order valence-electron chi connectivity index (χ2n) is 3.89. The second-order valence-corrected chi connectivity index (χ2v) is 3.89. The summed E-state index contributed by atoms with van der Waals surface area (Å²) in [5.41, 5.74) is -0.0502. The van der Waals surface area contributed by atoms with E-state index < -0.39 is 17.7 Å². The van der Waals surface area contributed by atoms with E-state index in [0.29, 0.717) is 13.1 Å². The number of hydrogen-bond acceptors (Lipinski definition) is 2. The van der Waals surface area contributed by atoms with E-state index in [1.807, 2.05) is 18.7 Å². The van der Waals surface area contributed by atoms with Gasteiger partial charge in [0.2, 0.25) is 0 Å². The summed E-state index contributed by atoms with van der Waals surface area (Å²) in [6.07, 6.45) is 0. The summed E-state index contributed by atoms with van der Waals surface area (Å²) in [5, 5.41) is 0. The fourth-order valence-electron chi connectivity index (χ4n) is 1.85. The number of ketones is 1. The molecule has 0 aliphatic carbocycles. The van der Waals surface area contributed by atoms with Crippen LogP contribution < -0.4 is 0 Å². The van der Waals surface area contributed by atoms with Crippen LogP contribution in [0.4, 0.5) is 8.78 Å². The van der Waals surface area contributed by atoms with Crippen LogP contribution in [-0.4, -0.2) is 29.8 Å². The van der Waals surface area contributed by atoms with Gasteiger partial charge in [0.15, 0.2) is 5.78 Å². The normalized spacial score (nSPS) is 12.8. The van der Waals surface area contributed by atoms with Crippen LogP contribution in [0.2, 0.25) is 0 Å². The highest BCUT2D eigenvalue weighted by Gasteiger charge is 2.22. The van der Waals surface area contributed by atoms with E-state index in [1.165, 1.54) is 6.07 Å². The van der Waals surface area contributed by atoms with E-state index in [2.05, 4.69) is 0 Å². The molecule has 1 aromatic rings. The molecular weight excluding hydrogens is 224 g/mol. The van der Waals surface area contributed by atoms with Gasteiger partial charge in [-0.3, -0.25) is 9.69 Å². The lowest BCUT2D eigenvalue weighted by molar-refractivity contribution is 0.0847. The largest absolute Gasteiger partial charge is 0.294 e. The molecule has 0 N–H and O–H groups in total. The molecule has 0 amide bonds. The summed E-state index contributed by atoms with van der Waals surface area (Å²) in [4.78, 5) is 14.0. The van der Waals surface area contributed by atoms with Crippen molar-refractivity contribution < 1.29 is 13.6 Å². The summed E-state index contributed by atoms with van der Waals surface area (Å²) < 4.78 is 26.2. The van der Waals surface area contributed by atoms with Crippen LogP contribution in [0.5, 0.6) is 0 Å². The summed E-state index contributed by atoms with van der Waals surface area (Å²) in [5.74, 6) is -1.78. The minimum atomic E-state index is -0.797. The van der Waals surface area contributed by atoms with Crippen LogP contribution in [0.15, 0.2) is 18.2 Å². The fourth-order valence-corrected chi connectivity index (χ4v) is 1.85. The molecule has 0 fully saturated rings. The molecule has 17 heavy (non-hydrogen) atoms. The predicted octanol–water partition coefficient (Wildman–Crippen LogP) is 2.88. The van der Waals surface area contributed by atoms with Crippen molar-refractivity contribution in [3.8, 4) is 0 Å². The Hall–Kier alpha value is -1.29. The van der Waals surface area contributed by atoms with Crippen molar-refractivity contribution in [2.75, 3.05) is 13.1 Å². The Bertz CT molecular complexity index is 402. The Labute approximate surface area is 100 Å². The van der Waals surface area contributed by atoms with Crippen LogP contribution in [0.3, 0.4) is 0 Å². The SMILES string of the molecule is CCN(CC)C(C)C(=O)c1ccc(F)cc1F. The molecule has 94 valence electrons. The summed E-state index contributed by atoms with van der Waals surface area (Å²) in [6, 6.07) is 2.64. The molecule has 0 heterocycles. The Morgan fingerprint density at radius 1 is 1.29 bits per heavy atom. The average molecular weight is 241 g/mol. The molecule has 0 saturated heterocycles. The number of hydrogen-bond donors (Lipinski definition) is 0. The number of rotatable bonds is 5. The molecule has 1 aromatic carbocycles. The number of carbonyl (C=O) groups is 1.